The summed E-state index contributed by atoms with van der Waals surface area (Å²) < 4.78 is 5.45. The van der Waals surface area contributed by atoms with E-state index in [2.05, 4.69) is 10.3 Å². The number of carbonyl (C=O) groups is 3. The van der Waals surface area contributed by atoms with Crippen LogP contribution in [-0.4, -0.2) is 29.1 Å². The van der Waals surface area contributed by atoms with Gasteiger partial charge in [0.1, 0.15) is 5.75 Å². The van der Waals surface area contributed by atoms with E-state index in [0.717, 1.165) is 17.0 Å². The Bertz CT molecular complexity index is 1280. The van der Waals surface area contributed by atoms with Crippen LogP contribution in [0.2, 0.25) is 0 Å². The third-order valence-electron chi connectivity index (χ3n) is 4.84. The van der Waals surface area contributed by atoms with Gasteiger partial charge in [-0.15, -0.1) is 11.3 Å². The number of hydrogen-bond acceptors (Lipinski definition) is 6. The minimum Gasteiger partial charge on any atom is -0.494 e. The highest BCUT2D eigenvalue weighted by Crippen LogP contribution is 2.27. The molecule has 0 saturated carbocycles. The summed E-state index contributed by atoms with van der Waals surface area (Å²) in [7, 11) is 0. The second-order valence-corrected chi connectivity index (χ2v) is 7.91. The molecule has 164 valence electrons. The van der Waals surface area contributed by atoms with Crippen molar-refractivity contribution < 1.29 is 19.1 Å². The molecule has 1 N–H and O–H groups in total. The molecule has 1 amide bonds. The van der Waals surface area contributed by atoms with E-state index >= 15 is 0 Å². The lowest BCUT2D eigenvalue weighted by Gasteiger charge is -2.04. The van der Waals surface area contributed by atoms with Gasteiger partial charge in [0.25, 0.3) is 5.91 Å². The Kier molecular flexibility index (Phi) is 6.71. The normalized spacial score (nSPS) is 10.5. The van der Waals surface area contributed by atoms with Gasteiger partial charge in [0, 0.05) is 27.6 Å². The average molecular weight is 457 g/mol. The highest BCUT2D eigenvalue weighted by atomic mass is 32.1. The maximum atomic E-state index is 12.6. The molecule has 4 aromatic rings. The molecule has 0 saturated heterocycles. The molecule has 33 heavy (non-hydrogen) atoms. The summed E-state index contributed by atoms with van der Waals surface area (Å²) in [5, 5.41) is 5.09. The lowest BCUT2D eigenvalue weighted by atomic mass is 10.0. The Morgan fingerprint density at radius 1 is 0.818 bits per heavy atom. The number of amides is 1. The van der Waals surface area contributed by atoms with Gasteiger partial charge < -0.3 is 4.74 Å². The molecule has 0 spiro atoms. The summed E-state index contributed by atoms with van der Waals surface area (Å²) in [5.41, 5.74) is 2.58. The zero-order chi connectivity index (χ0) is 23.2. The molecule has 1 aromatic heterocycles. The van der Waals surface area contributed by atoms with Crippen LogP contribution in [0.25, 0.3) is 11.3 Å². The molecular formula is C26H20N2O4S. The molecule has 4 rings (SSSR count). The van der Waals surface area contributed by atoms with E-state index in [4.69, 9.17) is 4.74 Å². The van der Waals surface area contributed by atoms with E-state index in [1.54, 1.807) is 30.3 Å². The van der Waals surface area contributed by atoms with Crippen molar-refractivity contribution in [2.45, 2.75) is 6.92 Å². The van der Waals surface area contributed by atoms with Crippen LogP contribution < -0.4 is 10.1 Å². The van der Waals surface area contributed by atoms with Crippen LogP contribution in [0.4, 0.5) is 5.13 Å². The number of hydrogen-bond donors (Lipinski definition) is 1. The minimum atomic E-state index is -0.618. The molecule has 0 bridgehead atoms. The number of rotatable bonds is 8. The predicted molar refractivity (Wildman–Crippen MR) is 128 cm³/mol. The first-order valence-corrected chi connectivity index (χ1v) is 11.2. The number of aromatic nitrogens is 1. The van der Waals surface area contributed by atoms with Gasteiger partial charge in [0.2, 0.25) is 11.6 Å². The van der Waals surface area contributed by atoms with Crippen molar-refractivity contribution in [3.63, 3.8) is 0 Å². The number of thiazole rings is 1. The second kappa shape index (κ2) is 10.0. The zero-order valence-electron chi connectivity index (χ0n) is 17.8. The number of Topliss-reactive ketones (excluding diaryl/α,β-unsaturated/α-hetero) is 2. The summed E-state index contributed by atoms with van der Waals surface area (Å²) in [5.74, 6) is -0.765. The minimum absolute atomic E-state index is 0.229. The zero-order valence-corrected chi connectivity index (χ0v) is 18.6. The summed E-state index contributed by atoms with van der Waals surface area (Å²) in [4.78, 5) is 41.9. The van der Waals surface area contributed by atoms with Crippen molar-refractivity contribution in [2.24, 2.45) is 0 Å². The van der Waals surface area contributed by atoms with Crippen LogP contribution in [0.15, 0.2) is 84.2 Å². The monoisotopic (exact) mass is 456 g/mol. The maximum absolute atomic E-state index is 12.6. The van der Waals surface area contributed by atoms with Crippen LogP contribution in [-0.2, 0) is 0 Å². The van der Waals surface area contributed by atoms with Crippen LogP contribution >= 0.6 is 11.3 Å². The van der Waals surface area contributed by atoms with Gasteiger partial charge >= 0.3 is 0 Å². The smallest absolute Gasteiger partial charge is 0.257 e. The number of ether oxygens (including phenoxy) is 1. The molecule has 1 heterocycles. The fourth-order valence-corrected chi connectivity index (χ4v) is 3.86. The Morgan fingerprint density at radius 2 is 1.42 bits per heavy atom. The molecule has 0 atom stereocenters. The standard InChI is InChI=1S/C26H20N2O4S/c1-2-32-21-14-12-17(13-15-21)22-16-33-26(27-22)28-25(31)20-10-8-19(9-11-20)24(30)23(29)18-6-4-3-5-7-18/h3-16H,2H2,1H3,(H,27,28,31). The van der Waals surface area contributed by atoms with Gasteiger partial charge in [-0.2, -0.15) is 0 Å². The van der Waals surface area contributed by atoms with Gasteiger partial charge in [-0.3, -0.25) is 19.7 Å². The molecule has 6 nitrogen and oxygen atoms in total. The first-order chi connectivity index (χ1) is 16.0. The molecule has 0 unspecified atom stereocenters. The SMILES string of the molecule is CCOc1ccc(-c2csc(NC(=O)c3ccc(C(=O)C(=O)c4ccccc4)cc3)n2)cc1. The van der Waals surface area contributed by atoms with Crippen LogP contribution in [0, 0.1) is 0 Å². The van der Waals surface area contributed by atoms with E-state index < -0.39 is 11.6 Å². The van der Waals surface area contributed by atoms with Crippen LogP contribution in [0.1, 0.15) is 38.0 Å². The predicted octanol–water partition coefficient (Wildman–Crippen LogP) is 5.53. The topological polar surface area (TPSA) is 85.4 Å². The summed E-state index contributed by atoms with van der Waals surface area (Å²) in [6.07, 6.45) is 0. The summed E-state index contributed by atoms with van der Waals surface area (Å²) in [6.45, 7) is 2.53. The Labute approximate surface area is 194 Å². The first kappa shape index (κ1) is 22.1. The van der Waals surface area contributed by atoms with Gasteiger partial charge in [-0.25, -0.2) is 4.98 Å². The van der Waals surface area contributed by atoms with Gasteiger partial charge in [0.15, 0.2) is 5.13 Å². The molecule has 0 aliphatic heterocycles. The van der Waals surface area contributed by atoms with Crippen molar-refractivity contribution in [2.75, 3.05) is 11.9 Å². The Morgan fingerprint density at radius 3 is 2.06 bits per heavy atom. The van der Waals surface area contributed by atoms with E-state index in [0.29, 0.717) is 22.9 Å². The van der Waals surface area contributed by atoms with Crippen molar-refractivity contribution in [3.8, 4) is 17.0 Å². The Hall–Kier alpha value is -4.10. The molecule has 0 fully saturated rings. The fourth-order valence-electron chi connectivity index (χ4n) is 3.15. The summed E-state index contributed by atoms with van der Waals surface area (Å²) in [6, 6.07) is 21.9. The highest BCUT2D eigenvalue weighted by molar-refractivity contribution is 7.14. The first-order valence-electron chi connectivity index (χ1n) is 10.3. The van der Waals surface area contributed by atoms with Crippen molar-refractivity contribution in [3.05, 3.63) is 101 Å². The third kappa shape index (κ3) is 5.22. The van der Waals surface area contributed by atoms with Gasteiger partial charge in [0.05, 0.1) is 12.3 Å². The summed E-state index contributed by atoms with van der Waals surface area (Å²) >= 11 is 1.32. The van der Waals surface area contributed by atoms with Crippen molar-refractivity contribution in [1.29, 1.82) is 0 Å². The Balaban J connectivity index is 1.41. The van der Waals surface area contributed by atoms with Gasteiger partial charge in [-0.1, -0.05) is 42.5 Å². The van der Waals surface area contributed by atoms with Crippen molar-refractivity contribution >= 4 is 33.9 Å². The number of benzene rings is 3. The molecule has 0 aliphatic carbocycles. The number of carbonyl (C=O) groups excluding carboxylic acids is 3. The molecule has 0 radical (unpaired) electrons. The quantitative estimate of drug-likeness (QED) is 0.278. The lowest BCUT2D eigenvalue weighted by Crippen LogP contribution is -2.15. The van der Waals surface area contributed by atoms with Crippen LogP contribution in [0.5, 0.6) is 5.75 Å². The fraction of sp³-hybridized carbons (Fsp3) is 0.0769. The average Bonchev–Trinajstić information content (AvgIpc) is 3.33. The van der Waals surface area contributed by atoms with Gasteiger partial charge in [-0.05, 0) is 43.3 Å². The van der Waals surface area contributed by atoms with Crippen molar-refractivity contribution in [1.82, 2.24) is 4.98 Å². The number of nitrogens with zero attached hydrogens (tertiary/aromatic N) is 1. The molecular weight excluding hydrogens is 436 g/mol. The third-order valence-corrected chi connectivity index (χ3v) is 5.59. The number of ketones is 2. The molecule has 7 heteroatoms. The largest absolute Gasteiger partial charge is 0.494 e. The van der Waals surface area contributed by atoms with Crippen LogP contribution in [0.3, 0.4) is 0 Å². The van der Waals surface area contributed by atoms with E-state index in [1.165, 1.54) is 35.6 Å². The molecule has 3 aromatic carbocycles. The van der Waals surface area contributed by atoms with E-state index in [9.17, 15) is 14.4 Å². The maximum Gasteiger partial charge on any atom is 0.257 e. The highest BCUT2D eigenvalue weighted by Gasteiger charge is 2.18. The number of anilines is 1. The van der Waals surface area contributed by atoms with E-state index in [1.807, 2.05) is 36.6 Å². The number of nitrogens with one attached hydrogen (secondary N) is 1. The lowest BCUT2D eigenvalue weighted by molar-refractivity contribution is 0.0817. The molecule has 0 aliphatic rings. The van der Waals surface area contributed by atoms with E-state index in [-0.39, 0.29) is 11.5 Å². The second-order valence-electron chi connectivity index (χ2n) is 7.05.